The minimum atomic E-state index is -2.91. The second-order valence-corrected chi connectivity index (χ2v) is 12.7. The number of nitrogens with zero attached hydrogens (tertiary/aromatic N) is 3. The Morgan fingerprint density at radius 3 is 2.52 bits per heavy atom. The molecule has 0 aliphatic rings. The number of halogens is 1. The Hall–Kier alpha value is -2.96. The molecule has 4 rings (SSSR count). The lowest BCUT2D eigenvalue weighted by Crippen LogP contribution is -2.26. The molecule has 170 valence electrons. The van der Waals surface area contributed by atoms with Gasteiger partial charge in [0.05, 0.1) is 15.1 Å². The highest BCUT2D eigenvalue weighted by molar-refractivity contribution is 9.10. The van der Waals surface area contributed by atoms with Gasteiger partial charge in [0.25, 0.3) is 5.69 Å². The summed E-state index contributed by atoms with van der Waals surface area (Å²) in [6.45, 7) is 8.04. The van der Waals surface area contributed by atoms with Gasteiger partial charge in [-0.3, -0.25) is 15.1 Å². The van der Waals surface area contributed by atoms with Crippen LogP contribution in [-0.2, 0) is 0 Å². The van der Waals surface area contributed by atoms with Crippen molar-refractivity contribution in [2.45, 2.75) is 32.9 Å². The predicted octanol–water partition coefficient (Wildman–Crippen LogP) is 7.76. The lowest BCUT2D eigenvalue weighted by Gasteiger charge is -2.35. The molecular weight excluding hydrogens is 505 g/mol. The molecule has 2 aromatic carbocycles. The van der Waals surface area contributed by atoms with E-state index in [1.54, 1.807) is 12.3 Å². The van der Waals surface area contributed by atoms with Crippen molar-refractivity contribution < 1.29 is 13.9 Å². The summed E-state index contributed by atoms with van der Waals surface area (Å²) in [4.78, 5) is 15.3. The summed E-state index contributed by atoms with van der Waals surface area (Å²) in [5.41, 5.74) is 1.89. The minimum absolute atomic E-state index is 0.0199. The fraction of sp³-hybridized carbons (Fsp3) is 0.208. The first-order chi connectivity index (χ1) is 15.6. The van der Waals surface area contributed by atoms with Crippen molar-refractivity contribution in [1.82, 2.24) is 4.98 Å². The van der Waals surface area contributed by atoms with Crippen molar-refractivity contribution in [3.05, 3.63) is 87.2 Å². The molecule has 0 aliphatic heterocycles. The van der Waals surface area contributed by atoms with E-state index in [0.717, 1.165) is 16.7 Å². The SMILES string of the molecule is Cc1ccc(P(=Nc2ccc([N+](=O)[O-])cc2Br)(Oc2cccc3cccnc23)C(C)(C)C)o1. The van der Waals surface area contributed by atoms with Crippen LogP contribution in [0, 0.1) is 17.0 Å². The van der Waals surface area contributed by atoms with Crippen LogP contribution >= 0.6 is 23.2 Å². The maximum Gasteiger partial charge on any atom is 0.270 e. The van der Waals surface area contributed by atoms with E-state index in [0.29, 0.717) is 21.4 Å². The van der Waals surface area contributed by atoms with Crippen LogP contribution in [0.15, 0.2) is 80.5 Å². The van der Waals surface area contributed by atoms with Gasteiger partial charge in [0.1, 0.15) is 11.3 Å². The second kappa shape index (κ2) is 8.76. The normalized spacial score (nSPS) is 13.5. The summed E-state index contributed by atoms with van der Waals surface area (Å²) >= 11 is 3.46. The molecule has 9 heteroatoms. The number of fused-ring (bicyclic) bond motifs is 1. The van der Waals surface area contributed by atoms with E-state index in [2.05, 4.69) is 41.7 Å². The zero-order chi connectivity index (χ0) is 23.8. The Kier molecular flexibility index (Phi) is 6.16. The number of hydrogen-bond acceptors (Lipinski definition) is 6. The number of benzene rings is 2. The summed E-state index contributed by atoms with van der Waals surface area (Å²) in [5.74, 6) is 1.35. The number of aromatic nitrogens is 1. The molecule has 0 radical (unpaired) electrons. The van der Waals surface area contributed by atoms with Crippen molar-refractivity contribution >= 4 is 51.0 Å². The van der Waals surface area contributed by atoms with Crippen molar-refractivity contribution in [1.29, 1.82) is 0 Å². The summed E-state index contributed by atoms with van der Waals surface area (Å²) in [6, 6.07) is 17.9. The molecule has 33 heavy (non-hydrogen) atoms. The lowest BCUT2D eigenvalue weighted by molar-refractivity contribution is -0.384. The van der Waals surface area contributed by atoms with Gasteiger partial charge < -0.3 is 8.94 Å². The Balaban J connectivity index is 2.02. The highest BCUT2D eigenvalue weighted by Gasteiger charge is 2.42. The van der Waals surface area contributed by atoms with E-state index in [1.165, 1.54) is 12.1 Å². The molecule has 0 saturated carbocycles. The maximum absolute atomic E-state index is 11.2. The van der Waals surface area contributed by atoms with Gasteiger partial charge in [-0.25, -0.2) is 4.74 Å². The number of aryl methyl sites for hydroxylation is 1. The fourth-order valence-corrected chi connectivity index (χ4v) is 6.96. The van der Waals surface area contributed by atoms with Gasteiger partial charge >= 0.3 is 0 Å². The molecule has 2 aromatic heterocycles. The highest BCUT2D eigenvalue weighted by atomic mass is 79.9. The van der Waals surface area contributed by atoms with Gasteiger partial charge in [-0.05, 0) is 53.2 Å². The first-order valence-electron chi connectivity index (χ1n) is 10.3. The summed E-state index contributed by atoms with van der Waals surface area (Å²) in [5, 5.41) is 11.7. The van der Waals surface area contributed by atoms with Crippen LogP contribution in [-0.4, -0.2) is 15.1 Å². The van der Waals surface area contributed by atoms with Crippen molar-refractivity contribution in [2.24, 2.45) is 4.74 Å². The summed E-state index contributed by atoms with van der Waals surface area (Å²) in [7, 11) is -2.91. The fourth-order valence-electron chi connectivity index (χ4n) is 3.45. The van der Waals surface area contributed by atoms with Crippen LogP contribution in [0.1, 0.15) is 26.5 Å². The van der Waals surface area contributed by atoms with Gasteiger partial charge in [0.15, 0.2) is 11.3 Å². The number of nitro groups is 1. The molecule has 0 fully saturated rings. The van der Waals surface area contributed by atoms with Gasteiger partial charge in [0.2, 0.25) is 7.28 Å². The van der Waals surface area contributed by atoms with E-state index >= 15 is 0 Å². The third kappa shape index (κ3) is 4.45. The van der Waals surface area contributed by atoms with E-state index in [4.69, 9.17) is 13.7 Å². The zero-order valence-corrected chi connectivity index (χ0v) is 21.1. The van der Waals surface area contributed by atoms with Gasteiger partial charge in [-0.1, -0.05) is 39.0 Å². The Labute approximate surface area is 200 Å². The molecule has 0 aliphatic carbocycles. The van der Waals surface area contributed by atoms with E-state index in [-0.39, 0.29) is 5.69 Å². The maximum atomic E-state index is 11.2. The number of non-ortho nitro benzene ring substituents is 1. The topological polar surface area (TPSA) is 90.8 Å². The average Bonchev–Trinajstić information content (AvgIpc) is 3.20. The molecule has 0 spiro atoms. The quantitative estimate of drug-likeness (QED) is 0.150. The molecule has 2 heterocycles. The molecule has 0 amide bonds. The number of para-hydroxylation sites is 1. The molecule has 0 bridgehead atoms. The monoisotopic (exact) mass is 527 g/mol. The molecule has 4 aromatic rings. The van der Waals surface area contributed by atoms with Crippen molar-refractivity contribution in [3.8, 4) is 5.75 Å². The molecule has 0 saturated heterocycles. The number of furan rings is 1. The molecule has 1 unspecified atom stereocenters. The minimum Gasteiger partial charge on any atom is -0.457 e. The second-order valence-electron chi connectivity index (χ2n) is 8.55. The van der Waals surface area contributed by atoms with Crippen LogP contribution in [0.4, 0.5) is 11.4 Å². The standard InChI is InChI=1S/C24H23BrN3O4P/c1-16-10-13-22(31-16)33(24(2,3)4,27-20-12-11-18(28(29)30)15-19(20)25)32-21-9-5-7-17-8-6-14-26-23(17)21/h5-15H,1-4H3. The van der Waals surface area contributed by atoms with Crippen molar-refractivity contribution in [2.75, 3.05) is 0 Å². The van der Waals surface area contributed by atoms with Gasteiger partial charge in [0, 0.05) is 28.9 Å². The summed E-state index contributed by atoms with van der Waals surface area (Å²) < 4.78 is 18.6. The first kappa shape index (κ1) is 23.2. The third-order valence-electron chi connectivity index (χ3n) is 5.15. The van der Waals surface area contributed by atoms with Crippen LogP contribution < -0.4 is 10.0 Å². The third-order valence-corrected chi connectivity index (χ3v) is 9.40. The number of nitro benzene ring substituents is 1. The van der Waals surface area contributed by atoms with Gasteiger partial charge in [-0.15, -0.1) is 0 Å². The zero-order valence-electron chi connectivity index (χ0n) is 18.7. The smallest absolute Gasteiger partial charge is 0.270 e. The van der Waals surface area contributed by atoms with Crippen LogP contribution in [0.5, 0.6) is 5.75 Å². The predicted molar refractivity (Wildman–Crippen MR) is 135 cm³/mol. The summed E-state index contributed by atoms with van der Waals surface area (Å²) in [6.07, 6.45) is 1.73. The number of pyridine rings is 1. The molecule has 7 nitrogen and oxygen atoms in total. The number of rotatable bonds is 5. The van der Waals surface area contributed by atoms with Gasteiger partial charge in [-0.2, -0.15) is 0 Å². The van der Waals surface area contributed by atoms with Crippen LogP contribution in [0.25, 0.3) is 10.9 Å². The Morgan fingerprint density at radius 2 is 1.88 bits per heavy atom. The van der Waals surface area contributed by atoms with Crippen LogP contribution in [0.2, 0.25) is 0 Å². The van der Waals surface area contributed by atoms with E-state index in [9.17, 15) is 10.1 Å². The van der Waals surface area contributed by atoms with E-state index in [1.807, 2.05) is 49.4 Å². The van der Waals surface area contributed by atoms with Crippen molar-refractivity contribution in [3.63, 3.8) is 0 Å². The lowest BCUT2D eigenvalue weighted by atomic mass is 10.2. The Bertz CT molecular complexity index is 1400. The first-order valence-corrected chi connectivity index (χ1v) is 12.7. The Morgan fingerprint density at radius 1 is 1.12 bits per heavy atom. The average molecular weight is 528 g/mol. The molecular formula is C24H23BrN3O4P. The highest BCUT2D eigenvalue weighted by Crippen LogP contribution is 2.63. The van der Waals surface area contributed by atoms with E-state index < -0.39 is 17.4 Å². The molecule has 0 N–H and O–H groups in total. The number of hydrogen-bond donors (Lipinski definition) is 0. The largest absolute Gasteiger partial charge is 0.457 e. The van der Waals surface area contributed by atoms with Crippen LogP contribution in [0.3, 0.4) is 0 Å². The molecule has 1 atom stereocenters.